The van der Waals surface area contributed by atoms with Crippen LogP contribution in [0.25, 0.3) is 0 Å². The van der Waals surface area contributed by atoms with Crippen LogP contribution in [-0.2, 0) is 13.0 Å². The first-order valence-electron chi connectivity index (χ1n) is 8.65. The molecule has 1 saturated carbocycles. The lowest BCUT2D eigenvalue weighted by Gasteiger charge is -2.43. The fourth-order valence-electron chi connectivity index (χ4n) is 4.48. The summed E-state index contributed by atoms with van der Waals surface area (Å²) in [6, 6.07) is 16.9. The lowest BCUT2D eigenvalue weighted by Crippen LogP contribution is -2.42. The third-order valence-corrected chi connectivity index (χ3v) is 5.55. The Morgan fingerprint density at radius 2 is 1.83 bits per heavy atom. The number of anilines is 1. The first-order chi connectivity index (χ1) is 11.3. The zero-order chi connectivity index (χ0) is 15.7. The first-order valence-corrected chi connectivity index (χ1v) is 8.65. The maximum Gasteiger partial charge on any atom is 0.150 e. The summed E-state index contributed by atoms with van der Waals surface area (Å²) >= 11 is 0. The van der Waals surface area contributed by atoms with Gasteiger partial charge in [-0.25, -0.2) is 0 Å². The van der Waals surface area contributed by atoms with Crippen LogP contribution in [0.1, 0.15) is 47.2 Å². The summed E-state index contributed by atoms with van der Waals surface area (Å²) in [5, 5.41) is 0. The minimum Gasteiger partial charge on any atom is -0.366 e. The molecule has 4 rings (SSSR count). The lowest BCUT2D eigenvalue weighted by atomic mass is 9.76. The summed E-state index contributed by atoms with van der Waals surface area (Å²) in [6.45, 7) is 2.10. The molecule has 1 aliphatic carbocycles. The van der Waals surface area contributed by atoms with E-state index in [2.05, 4.69) is 47.4 Å². The normalized spacial score (nSPS) is 18.9. The Labute approximate surface area is 138 Å². The third-order valence-electron chi connectivity index (χ3n) is 5.55. The van der Waals surface area contributed by atoms with Gasteiger partial charge in [0.05, 0.1) is 0 Å². The van der Waals surface area contributed by atoms with E-state index in [0.29, 0.717) is 5.41 Å². The van der Waals surface area contributed by atoms with Crippen molar-refractivity contribution in [3.05, 3.63) is 65.2 Å². The van der Waals surface area contributed by atoms with Gasteiger partial charge >= 0.3 is 0 Å². The average Bonchev–Trinajstić information content (AvgIpc) is 3.02. The lowest BCUT2D eigenvalue weighted by molar-refractivity contribution is 0.112. The van der Waals surface area contributed by atoms with Gasteiger partial charge in [0.2, 0.25) is 0 Å². The molecule has 1 aliphatic heterocycles. The van der Waals surface area contributed by atoms with Gasteiger partial charge in [0.25, 0.3) is 0 Å². The van der Waals surface area contributed by atoms with Gasteiger partial charge in [0.15, 0.2) is 0 Å². The van der Waals surface area contributed by atoms with Crippen molar-refractivity contribution in [2.45, 2.75) is 38.6 Å². The van der Waals surface area contributed by atoms with Crippen molar-refractivity contribution in [2.75, 3.05) is 11.4 Å². The molecular formula is C21H23NO. The van der Waals surface area contributed by atoms with Crippen LogP contribution in [0.15, 0.2) is 48.5 Å². The summed E-state index contributed by atoms with van der Waals surface area (Å²) < 4.78 is 0. The molecule has 0 atom stereocenters. The second-order valence-corrected chi connectivity index (χ2v) is 7.23. The number of fused-ring (bicyclic) bond motifs is 1. The summed E-state index contributed by atoms with van der Waals surface area (Å²) in [4.78, 5) is 13.7. The molecule has 0 bridgehead atoms. The smallest absolute Gasteiger partial charge is 0.150 e. The molecule has 0 aromatic heterocycles. The maximum absolute atomic E-state index is 11.2. The van der Waals surface area contributed by atoms with E-state index in [1.54, 1.807) is 0 Å². The van der Waals surface area contributed by atoms with E-state index in [4.69, 9.17) is 0 Å². The summed E-state index contributed by atoms with van der Waals surface area (Å²) in [5.41, 5.74) is 5.26. The molecular weight excluding hydrogens is 282 g/mol. The van der Waals surface area contributed by atoms with Crippen molar-refractivity contribution < 1.29 is 4.79 Å². The maximum atomic E-state index is 11.2. The Kier molecular flexibility index (Phi) is 3.68. The highest BCUT2D eigenvalue weighted by atomic mass is 16.1. The monoisotopic (exact) mass is 305 g/mol. The summed E-state index contributed by atoms with van der Waals surface area (Å²) in [7, 11) is 0. The molecule has 0 N–H and O–H groups in total. The number of hydrogen-bond acceptors (Lipinski definition) is 2. The number of rotatable bonds is 3. The highest BCUT2D eigenvalue weighted by Gasteiger charge is 2.40. The van der Waals surface area contributed by atoms with Gasteiger partial charge in [0.1, 0.15) is 6.29 Å². The Balaban J connectivity index is 1.71. The zero-order valence-electron chi connectivity index (χ0n) is 13.5. The third kappa shape index (κ3) is 2.78. The minimum absolute atomic E-state index is 0.420. The fraction of sp³-hybridized carbons (Fsp3) is 0.381. The highest BCUT2D eigenvalue weighted by Crippen LogP contribution is 2.47. The van der Waals surface area contributed by atoms with Crippen LogP contribution in [0.5, 0.6) is 0 Å². The molecule has 0 radical (unpaired) electrons. The van der Waals surface area contributed by atoms with Gasteiger partial charge in [-0.15, -0.1) is 0 Å². The molecule has 2 aromatic carbocycles. The fourth-order valence-corrected chi connectivity index (χ4v) is 4.48. The number of nitrogens with zero attached hydrogens (tertiary/aromatic N) is 1. The van der Waals surface area contributed by atoms with E-state index in [9.17, 15) is 4.79 Å². The molecule has 2 aliphatic rings. The molecule has 1 heterocycles. The minimum atomic E-state index is 0.420. The summed E-state index contributed by atoms with van der Waals surface area (Å²) in [6.07, 6.45) is 7.45. The molecule has 0 unspecified atom stereocenters. The van der Waals surface area contributed by atoms with Crippen molar-refractivity contribution in [3.8, 4) is 0 Å². The number of carbonyl (C=O) groups excluding carboxylic acids is 1. The molecule has 1 fully saturated rings. The van der Waals surface area contributed by atoms with Crippen LogP contribution < -0.4 is 4.90 Å². The van der Waals surface area contributed by atoms with Gasteiger partial charge < -0.3 is 4.90 Å². The highest BCUT2D eigenvalue weighted by molar-refractivity contribution is 5.77. The Bertz CT molecular complexity index is 701. The van der Waals surface area contributed by atoms with Crippen LogP contribution in [0.4, 0.5) is 5.69 Å². The topological polar surface area (TPSA) is 20.3 Å². The van der Waals surface area contributed by atoms with Crippen molar-refractivity contribution in [1.29, 1.82) is 0 Å². The Morgan fingerprint density at radius 3 is 2.57 bits per heavy atom. The van der Waals surface area contributed by atoms with Crippen molar-refractivity contribution >= 4 is 12.0 Å². The van der Waals surface area contributed by atoms with Crippen molar-refractivity contribution in [1.82, 2.24) is 0 Å². The van der Waals surface area contributed by atoms with E-state index in [0.717, 1.165) is 31.4 Å². The largest absolute Gasteiger partial charge is 0.366 e. The van der Waals surface area contributed by atoms with Gasteiger partial charge in [-0.05, 0) is 54.0 Å². The van der Waals surface area contributed by atoms with Crippen molar-refractivity contribution in [2.24, 2.45) is 5.41 Å². The van der Waals surface area contributed by atoms with E-state index < -0.39 is 0 Å². The Morgan fingerprint density at radius 1 is 1.04 bits per heavy atom. The van der Waals surface area contributed by atoms with Gasteiger partial charge in [-0.3, -0.25) is 4.79 Å². The number of aldehydes is 1. The van der Waals surface area contributed by atoms with Crippen LogP contribution in [0.2, 0.25) is 0 Å². The molecule has 0 amide bonds. The second kappa shape index (κ2) is 5.84. The molecule has 118 valence electrons. The summed E-state index contributed by atoms with van der Waals surface area (Å²) in [5.74, 6) is 0. The van der Waals surface area contributed by atoms with Gasteiger partial charge in [-0.2, -0.15) is 0 Å². The Hall–Kier alpha value is -2.09. The molecule has 2 aromatic rings. The van der Waals surface area contributed by atoms with Crippen LogP contribution in [-0.4, -0.2) is 12.8 Å². The predicted octanol–water partition coefficient (Wildman–Crippen LogP) is 4.62. The zero-order valence-corrected chi connectivity index (χ0v) is 13.5. The average molecular weight is 305 g/mol. The molecule has 2 nitrogen and oxygen atoms in total. The molecule has 1 spiro atoms. The van der Waals surface area contributed by atoms with Crippen LogP contribution in [0.3, 0.4) is 0 Å². The first kappa shape index (κ1) is 14.5. The molecule has 23 heavy (non-hydrogen) atoms. The van der Waals surface area contributed by atoms with E-state index in [1.807, 2.05) is 6.07 Å². The number of hydrogen-bond donors (Lipinski definition) is 0. The quantitative estimate of drug-likeness (QED) is 0.771. The second-order valence-electron chi connectivity index (χ2n) is 7.23. The van der Waals surface area contributed by atoms with Crippen LogP contribution >= 0.6 is 0 Å². The molecule has 0 saturated heterocycles. The van der Waals surface area contributed by atoms with Crippen LogP contribution in [0, 0.1) is 5.41 Å². The number of carbonyl (C=O) groups is 1. The van der Waals surface area contributed by atoms with E-state index in [-0.39, 0.29) is 0 Å². The SMILES string of the molecule is O=Cc1ccc2c(c1)CC1(CCCC1)CN2Cc1ccccc1. The number of benzene rings is 2. The van der Waals surface area contributed by atoms with E-state index in [1.165, 1.54) is 42.5 Å². The van der Waals surface area contributed by atoms with Gasteiger partial charge in [0, 0.05) is 24.3 Å². The standard InChI is InChI=1S/C21H23NO/c23-15-18-8-9-20-19(12-18)13-21(10-4-5-11-21)16-22(20)14-17-6-2-1-3-7-17/h1-3,6-9,12,15H,4-5,10-11,13-14,16H2. The van der Waals surface area contributed by atoms with Crippen molar-refractivity contribution in [3.63, 3.8) is 0 Å². The predicted molar refractivity (Wildman–Crippen MR) is 93.9 cm³/mol. The molecule has 2 heteroatoms. The van der Waals surface area contributed by atoms with Gasteiger partial charge in [-0.1, -0.05) is 43.2 Å². The van der Waals surface area contributed by atoms with E-state index >= 15 is 0 Å².